The van der Waals surface area contributed by atoms with E-state index in [0.29, 0.717) is 0 Å². The summed E-state index contributed by atoms with van der Waals surface area (Å²) < 4.78 is 10.6. The molecule has 1 saturated heterocycles. The first-order valence-electron chi connectivity index (χ1n) is 7.48. The van der Waals surface area contributed by atoms with Crippen molar-refractivity contribution in [3.05, 3.63) is 29.8 Å². The van der Waals surface area contributed by atoms with Gasteiger partial charge >= 0.3 is 0 Å². The van der Waals surface area contributed by atoms with E-state index >= 15 is 0 Å². The largest absolute Gasteiger partial charge is 0.479 e. The van der Waals surface area contributed by atoms with Crippen LogP contribution < -0.4 is 10.1 Å². The van der Waals surface area contributed by atoms with Gasteiger partial charge in [0.15, 0.2) is 6.61 Å². The van der Waals surface area contributed by atoms with Gasteiger partial charge in [-0.2, -0.15) is 5.26 Å². The van der Waals surface area contributed by atoms with Gasteiger partial charge in [0, 0.05) is 19.6 Å². The number of ether oxygens (including phenoxy) is 2. The van der Waals surface area contributed by atoms with Gasteiger partial charge in [0.2, 0.25) is 0 Å². The van der Waals surface area contributed by atoms with Crippen molar-refractivity contribution in [2.75, 3.05) is 46.0 Å². The fourth-order valence-corrected chi connectivity index (χ4v) is 2.30. The van der Waals surface area contributed by atoms with Crippen LogP contribution in [0.2, 0.25) is 0 Å². The van der Waals surface area contributed by atoms with Crippen LogP contribution in [0.4, 0.5) is 0 Å². The van der Waals surface area contributed by atoms with Gasteiger partial charge < -0.3 is 14.8 Å². The van der Waals surface area contributed by atoms with Crippen LogP contribution in [-0.2, 0) is 11.3 Å². The lowest BCUT2D eigenvalue weighted by atomic mass is 10.2. The standard InChI is InChI=1S/C16H23N3O2/c17-6-11-21-16-4-2-15(3-5-16)14-18-7-1-8-19-9-12-20-13-10-19/h2-5,18H,1,7-14H2. The molecule has 0 bridgehead atoms. The van der Waals surface area contributed by atoms with E-state index in [1.54, 1.807) is 0 Å². The van der Waals surface area contributed by atoms with Gasteiger partial charge in [0.1, 0.15) is 11.8 Å². The average Bonchev–Trinajstić information content (AvgIpc) is 2.55. The summed E-state index contributed by atoms with van der Waals surface area (Å²) in [5, 5.41) is 11.9. The normalized spacial score (nSPS) is 15.6. The third-order valence-electron chi connectivity index (χ3n) is 3.49. The Labute approximate surface area is 126 Å². The zero-order valence-corrected chi connectivity index (χ0v) is 12.4. The highest BCUT2D eigenvalue weighted by Gasteiger charge is 2.08. The van der Waals surface area contributed by atoms with Crippen LogP contribution in [0.25, 0.3) is 0 Å². The van der Waals surface area contributed by atoms with Gasteiger partial charge in [-0.15, -0.1) is 0 Å². The van der Waals surface area contributed by atoms with Gasteiger partial charge in [0.25, 0.3) is 0 Å². The fraction of sp³-hybridized carbons (Fsp3) is 0.562. The van der Waals surface area contributed by atoms with Crippen molar-refractivity contribution in [1.29, 1.82) is 5.26 Å². The van der Waals surface area contributed by atoms with Gasteiger partial charge in [-0.3, -0.25) is 4.90 Å². The van der Waals surface area contributed by atoms with Crippen molar-refractivity contribution in [3.8, 4) is 11.8 Å². The van der Waals surface area contributed by atoms with E-state index in [9.17, 15) is 0 Å². The summed E-state index contributed by atoms with van der Waals surface area (Å²) in [6.07, 6.45) is 1.16. The predicted molar refractivity (Wildman–Crippen MR) is 81.1 cm³/mol. The molecule has 1 aliphatic heterocycles. The summed E-state index contributed by atoms with van der Waals surface area (Å²) in [6.45, 7) is 6.97. The summed E-state index contributed by atoms with van der Waals surface area (Å²) in [5.74, 6) is 0.743. The van der Waals surface area contributed by atoms with E-state index in [-0.39, 0.29) is 6.61 Å². The molecule has 0 radical (unpaired) electrons. The third kappa shape index (κ3) is 6.13. The van der Waals surface area contributed by atoms with Crippen molar-refractivity contribution >= 4 is 0 Å². The molecule has 1 fully saturated rings. The Hall–Kier alpha value is -1.61. The number of benzene rings is 1. The quantitative estimate of drug-likeness (QED) is 0.733. The van der Waals surface area contributed by atoms with Gasteiger partial charge in [0.05, 0.1) is 13.2 Å². The molecule has 1 N–H and O–H groups in total. The van der Waals surface area contributed by atoms with Crippen molar-refractivity contribution in [2.24, 2.45) is 0 Å². The first-order valence-corrected chi connectivity index (χ1v) is 7.48. The lowest BCUT2D eigenvalue weighted by molar-refractivity contribution is 0.0374. The van der Waals surface area contributed by atoms with E-state index in [4.69, 9.17) is 14.7 Å². The molecular weight excluding hydrogens is 266 g/mol. The molecule has 0 saturated carbocycles. The number of hydrogen-bond acceptors (Lipinski definition) is 5. The first kappa shape index (κ1) is 15.8. The molecule has 0 aromatic heterocycles. The molecule has 1 heterocycles. The number of morpholine rings is 1. The minimum Gasteiger partial charge on any atom is -0.479 e. The fourth-order valence-electron chi connectivity index (χ4n) is 2.30. The second-order valence-electron chi connectivity index (χ2n) is 5.08. The molecule has 21 heavy (non-hydrogen) atoms. The second kappa shape index (κ2) is 9.35. The Morgan fingerprint density at radius 2 is 2.00 bits per heavy atom. The zero-order chi connectivity index (χ0) is 14.8. The van der Waals surface area contributed by atoms with Crippen LogP contribution in [0.1, 0.15) is 12.0 Å². The topological polar surface area (TPSA) is 57.5 Å². The summed E-state index contributed by atoms with van der Waals surface area (Å²) in [7, 11) is 0. The van der Waals surface area contributed by atoms with Crippen LogP contribution in [0, 0.1) is 11.3 Å². The van der Waals surface area contributed by atoms with Crippen LogP contribution >= 0.6 is 0 Å². The van der Waals surface area contributed by atoms with Crippen LogP contribution in [0.5, 0.6) is 5.75 Å². The lowest BCUT2D eigenvalue weighted by Gasteiger charge is -2.26. The maximum Gasteiger partial charge on any atom is 0.174 e. The Balaban J connectivity index is 1.56. The van der Waals surface area contributed by atoms with E-state index in [0.717, 1.165) is 58.1 Å². The molecule has 114 valence electrons. The maximum absolute atomic E-state index is 8.45. The molecular formula is C16H23N3O2. The number of nitrogens with zero attached hydrogens (tertiary/aromatic N) is 2. The van der Waals surface area contributed by atoms with Crippen molar-refractivity contribution in [1.82, 2.24) is 10.2 Å². The number of hydrogen-bond donors (Lipinski definition) is 1. The molecule has 5 nitrogen and oxygen atoms in total. The number of rotatable bonds is 8. The van der Waals surface area contributed by atoms with Crippen LogP contribution in [-0.4, -0.2) is 50.9 Å². The first-order chi connectivity index (χ1) is 10.4. The molecule has 0 aliphatic carbocycles. The summed E-state index contributed by atoms with van der Waals surface area (Å²) in [6, 6.07) is 9.83. The summed E-state index contributed by atoms with van der Waals surface area (Å²) >= 11 is 0. The van der Waals surface area contributed by atoms with Gasteiger partial charge in [-0.1, -0.05) is 12.1 Å². The van der Waals surface area contributed by atoms with Crippen molar-refractivity contribution in [3.63, 3.8) is 0 Å². The molecule has 0 atom stereocenters. The number of nitriles is 1. The third-order valence-corrected chi connectivity index (χ3v) is 3.49. The van der Waals surface area contributed by atoms with Crippen LogP contribution in [0.3, 0.4) is 0 Å². The monoisotopic (exact) mass is 289 g/mol. The van der Waals surface area contributed by atoms with E-state index < -0.39 is 0 Å². The summed E-state index contributed by atoms with van der Waals surface area (Å²) in [5.41, 5.74) is 1.23. The Morgan fingerprint density at radius 3 is 2.71 bits per heavy atom. The molecule has 0 unspecified atom stereocenters. The van der Waals surface area contributed by atoms with E-state index in [1.165, 1.54) is 5.56 Å². The van der Waals surface area contributed by atoms with Gasteiger partial charge in [-0.25, -0.2) is 0 Å². The maximum atomic E-state index is 8.45. The molecule has 2 rings (SSSR count). The smallest absolute Gasteiger partial charge is 0.174 e. The molecule has 1 aromatic carbocycles. The Kier molecular flexibility index (Phi) is 7.02. The lowest BCUT2D eigenvalue weighted by Crippen LogP contribution is -2.37. The van der Waals surface area contributed by atoms with Crippen molar-refractivity contribution in [2.45, 2.75) is 13.0 Å². The molecule has 0 amide bonds. The Bertz CT molecular complexity index is 436. The van der Waals surface area contributed by atoms with Crippen LogP contribution in [0.15, 0.2) is 24.3 Å². The highest BCUT2D eigenvalue weighted by molar-refractivity contribution is 5.27. The van der Waals surface area contributed by atoms with E-state index in [2.05, 4.69) is 10.2 Å². The average molecular weight is 289 g/mol. The van der Waals surface area contributed by atoms with Crippen molar-refractivity contribution < 1.29 is 9.47 Å². The van der Waals surface area contributed by atoms with E-state index in [1.807, 2.05) is 30.3 Å². The summed E-state index contributed by atoms with van der Waals surface area (Å²) in [4.78, 5) is 2.45. The molecule has 1 aromatic rings. The highest BCUT2D eigenvalue weighted by Crippen LogP contribution is 2.11. The highest BCUT2D eigenvalue weighted by atomic mass is 16.5. The zero-order valence-electron chi connectivity index (χ0n) is 12.4. The Morgan fingerprint density at radius 1 is 1.24 bits per heavy atom. The second-order valence-corrected chi connectivity index (χ2v) is 5.08. The van der Waals surface area contributed by atoms with Gasteiger partial charge in [-0.05, 0) is 37.2 Å². The molecule has 1 aliphatic rings. The SMILES string of the molecule is N#CCOc1ccc(CNCCCN2CCOCC2)cc1. The minimum atomic E-state index is 0.0964. The minimum absolute atomic E-state index is 0.0964. The number of nitrogens with one attached hydrogen (secondary N) is 1. The molecule has 5 heteroatoms. The molecule has 0 spiro atoms. The predicted octanol–water partition coefficient (Wildman–Crippen LogP) is 1.40.